The van der Waals surface area contributed by atoms with Crippen LogP contribution in [0, 0.1) is 5.92 Å². The highest BCUT2D eigenvalue weighted by Gasteiger charge is 2.48. The number of nitrogens with zero attached hydrogens (tertiary/aromatic N) is 3. The minimum atomic E-state index is -0.996. The highest BCUT2D eigenvalue weighted by molar-refractivity contribution is 5.90. The van der Waals surface area contributed by atoms with Gasteiger partial charge >= 0.3 is 12.1 Å². The molecule has 0 spiro atoms. The van der Waals surface area contributed by atoms with Crippen LogP contribution in [0.4, 0.5) is 9.59 Å². The van der Waals surface area contributed by atoms with E-state index in [4.69, 9.17) is 9.94 Å². The number of urea groups is 1. The summed E-state index contributed by atoms with van der Waals surface area (Å²) in [5, 5.41) is 10.3. The molecule has 1 aromatic carbocycles. The van der Waals surface area contributed by atoms with E-state index in [2.05, 4.69) is 10.9 Å². The van der Waals surface area contributed by atoms with Crippen LogP contribution in [0.1, 0.15) is 31.2 Å². The molecule has 2 atom stereocenters. The molecule has 1 aromatic rings. The smallest absolute Gasteiger partial charge is 0.407 e. The van der Waals surface area contributed by atoms with Crippen LogP contribution in [0.3, 0.4) is 0 Å². The molecule has 0 unspecified atom stereocenters. The molecule has 2 bridgehead atoms. The number of hydrogen-bond donors (Lipinski definition) is 3. The Morgan fingerprint density at radius 3 is 2.38 bits per heavy atom. The van der Waals surface area contributed by atoms with Gasteiger partial charge in [-0.25, -0.2) is 9.59 Å². The van der Waals surface area contributed by atoms with Crippen molar-refractivity contribution in [3.8, 4) is 0 Å². The van der Waals surface area contributed by atoms with Crippen molar-refractivity contribution in [2.75, 3.05) is 19.6 Å². The quantitative estimate of drug-likeness (QED) is 0.578. The van der Waals surface area contributed by atoms with Gasteiger partial charge in [0.05, 0.1) is 6.04 Å². The molecular formula is C21H27N5O6. The Bertz CT molecular complexity index is 873. The molecule has 3 aliphatic rings. The van der Waals surface area contributed by atoms with E-state index in [1.54, 1.807) is 0 Å². The number of carbonyl (C=O) groups excluding carboxylic acids is 3. The van der Waals surface area contributed by atoms with Gasteiger partial charge in [-0.15, -0.1) is 0 Å². The van der Waals surface area contributed by atoms with E-state index >= 15 is 0 Å². The van der Waals surface area contributed by atoms with E-state index in [9.17, 15) is 19.2 Å². The predicted molar refractivity (Wildman–Crippen MR) is 111 cm³/mol. The summed E-state index contributed by atoms with van der Waals surface area (Å²) >= 11 is 0. The average Bonchev–Trinajstić information content (AvgIpc) is 3.05. The van der Waals surface area contributed by atoms with Gasteiger partial charge in [-0.1, -0.05) is 30.3 Å². The van der Waals surface area contributed by atoms with Crippen LogP contribution in [0.5, 0.6) is 0 Å². The number of hydrogen-bond acceptors (Lipinski definition) is 5. The molecule has 0 radical (unpaired) electrons. The lowest BCUT2D eigenvalue weighted by molar-refractivity contribution is -0.140. The Labute approximate surface area is 185 Å². The number of nitrogens with one attached hydrogen (secondary N) is 2. The van der Waals surface area contributed by atoms with E-state index in [0.717, 1.165) is 5.56 Å². The van der Waals surface area contributed by atoms with E-state index in [-0.39, 0.29) is 43.6 Å². The van der Waals surface area contributed by atoms with Crippen molar-refractivity contribution in [1.82, 2.24) is 25.7 Å². The normalized spacial score (nSPS) is 23.2. The number of piperidine rings is 2. The van der Waals surface area contributed by atoms with Gasteiger partial charge < -0.3 is 14.9 Å². The number of fused-ring (bicyclic) bond motifs is 2. The molecule has 11 heteroatoms. The number of carboxylic acid groups (broad SMARTS) is 1. The zero-order chi connectivity index (χ0) is 22.7. The Morgan fingerprint density at radius 2 is 1.69 bits per heavy atom. The van der Waals surface area contributed by atoms with Crippen molar-refractivity contribution in [2.45, 2.75) is 44.4 Å². The second-order valence-electron chi connectivity index (χ2n) is 8.29. The van der Waals surface area contributed by atoms with Crippen molar-refractivity contribution in [2.24, 2.45) is 5.92 Å². The van der Waals surface area contributed by atoms with E-state index in [0.29, 0.717) is 32.2 Å². The lowest BCUT2D eigenvalue weighted by Crippen LogP contribution is -2.55. The van der Waals surface area contributed by atoms with E-state index < -0.39 is 18.0 Å². The monoisotopic (exact) mass is 445 g/mol. The van der Waals surface area contributed by atoms with Crippen molar-refractivity contribution in [3.05, 3.63) is 35.9 Å². The van der Waals surface area contributed by atoms with Crippen molar-refractivity contribution >= 4 is 23.9 Å². The minimum absolute atomic E-state index is 0.107. The van der Waals surface area contributed by atoms with Gasteiger partial charge in [0.1, 0.15) is 12.6 Å². The van der Waals surface area contributed by atoms with Crippen molar-refractivity contribution in [1.29, 1.82) is 0 Å². The second kappa shape index (κ2) is 9.43. The number of hydroxylamine groups is 2. The fourth-order valence-electron chi connectivity index (χ4n) is 4.43. The average molecular weight is 445 g/mol. The number of amides is 5. The van der Waals surface area contributed by atoms with Crippen molar-refractivity contribution in [3.63, 3.8) is 0 Å². The SMILES string of the molecule is O=C(NNC(=O)[C@@H]1CC[C@@H]2CN1C(=O)N2OCc1ccccc1)C1CCN(C(=O)O)CC1. The first kappa shape index (κ1) is 21.9. The summed E-state index contributed by atoms with van der Waals surface area (Å²) in [5.41, 5.74) is 5.82. The molecule has 172 valence electrons. The molecule has 0 aromatic heterocycles. The van der Waals surface area contributed by atoms with Crippen LogP contribution in [-0.4, -0.2) is 75.6 Å². The van der Waals surface area contributed by atoms with Crippen molar-refractivity contribution < 1.29 is 29.1 Å². The molecule has 0 saturated carbocycles. The maximum atomic E-state index is 12.8. The number of benzene rings is 1. The Morgan fingerprint density at radius 1 is 1.00 bits per heavy atom. The van der Waals surface area contributed by atoms with Gasteiger partial charge in [0.2, 0.25) is 5.91 Å². The molecule has 0 aliphatic carbocycles. The highest BCUT2D eigenvalue weighted by Crippen LogP contribution is 2.30. The molecule has 3 heterocycles. The second-order valence-corrected chi connectivity index (χ2v) is 8.29. The maximum absolute atomic E-state index is 12.8. The number of hydrazine groups is 1. The van der Waals surface area contributed by atoms with Gasteiger partial charge in [0, 0.05) is 25.6 Å². The largest absolute Gasteiger partial charge is 0.465 e. The topological polar surface area (TPSA) is 132 Å². The standard InChI is InChI=1S/C21H27N5O6/c27-18(15-8-10-24(11-9-15)21(30)31)22-23-19(28)17-7-6-16-12-25(17)20(29)26(16)32-13-14-4-2-1-3-5-14/h1-5,15-17H,6-13H2,(H,22,27)(H,23,28)(H,30,31)/t16-,17+/m1/s1. The van der Waals surface area contributed by atoms with Crippen LogP contribution in [0.25, 0.3) is 0 Å². The third-order valence-electron chi connectivity index (χ3n) is 6.28. The van der Waals surface area contributed by atoms with Gasteiger partial charge in [0.25, 0.3) is 5.91 Å². The molecule has 3 saturated heterocycles. The van der Waals surface area contributed by atoms with Gasteiger partial charge in [-0.05, 0) is 31.2 Å². The lowest BCUT2D eigenvalue weighted by Gasteiger charge is -2.31. The zero-order valence-electron chi connectivity index (χ0n) is 17.6. The minimum Gasteiger partial charge on any atom is -0.465 e. The first-order chi connectivity index (χ1) is 15.4. The lowest BCUT2D eigenvalue weighted by atomic mass is 9.96. The molecule has 3 N–H and O–H groups in total. The Balaban J connectivity index is 1.26. The molecule has 3 fully saturated rings. The summed E-state index contributed by atoms with van der Waals surface area (Å²) in [4.78, 5) is 57.3. The Hall–Kier alpha value is -3.34. The third-order valence-corrected chi connectivity index (χ3v) is 6.28. The molecular weight excluding hydrogens is 418 g/mol. The molecule has 4 rings (SSSR count). The number of likely N-dealkylation sites (tertiary alicyclic amines) is 1. The summed E-state index contributed by atoms with van der Waals surface area (Å²) in [7, 11) is 0. The van der Waals surface area contributed by atoms with E-state index in [1.807, 2.05) is 30.3 Å². The number of rotatable bonds is 5. The van der Waals surface area contributed by atoms with Crippen LogP contribution in [0.2, 0.25) is 0 Å². The summed E-state index contributed by atoms with van der Waals surface area (Å²) in [5.74, 6) is -1.16. The fourth-order valence-corrected chi connectivity index (χ4v) is 4.43. The first-order valence-corrected chi connectivity index (χ1v) is 10.8. The van der Waals surface area contributed by atoms with Gasteiger partial charge in [0.15, 0.2) is 0 Å². The first-order valence-electron chi connectivity index (χ1n) is 10.8. The number of carbonyl (C=O) groups is 4. The summed E-state index contributed by atoms with van der Waals surface area (Å²) < 4.78 is 0. The van der Waals surface area contributed by atoms with Crippen LogP contribution in [0.15, 0.2) is 30.3 Å². The molecule has 32 heavy (non-hydrogen) atoms. The fraction of sp³-hybridized carbons (Fsp3) is 0.524. The molecule has 5 amide bonds. The molecule has 3 aliphatic heterocycles. The van der Waals surface area contributed by atoms with Crippen LogP contribution >= 0.6 is 0 Å². The predicted octanol–water partition coefficient (Wildman–Crippen LogP) is 0.924. The summed E-state index contributed by atoms with van der Waals surface area (Å²) in [6.45, 7) is 1.23. The Kier molecular flexibility index (Phi) is 6.45. The third kappa shape index (κ3) is 4.62. The summed E-state index contributed by atoms with van der Waals surface area (Å²) in [6, 6.07) is 8.39. The highest BCUT2D eigenvalue weighted by atomic mass is 16.7. The van der Waals surface area contributed by atoms with Gasteiger partial charge in [-0.3, -0.25) is 25.3 Å². The summed E-state index contributed by atoms with van der Waals surface area (Å²) in [6.07, 6.45) is 0.899. The van der Waals surface area contributed by atoms with Gasteiger partial charge in [-0.2, -0.15) is 5.06 Å². The van der Waals surface area contributed by atoms with E-state index in [1.165, 1.54) is 14.9 Å². The zero-order valence-corrected chi connectivity index (χ0v) is 17.6. The van der Waals surface area contributed by atoms with Crippen LogP contribution < -0.4 is 10.9 Å². The van der Waals surface area contributed by atoms with Crippen LogP contribution in [-0.2, 0) is 21.0 Å². The molecule has 11 nitrogen and oxygen atoms in total. The maximum Gasteiger partial charge on any atom is 0.407 e.